The second-order valence-corrected chi connectivity index (χ2v) is 8.56. The second-order valence-electron chi connectivity index (χ2n) is 8.56. The van der Waals surface area contributed by atoms with Gasteiger partial charge in [0.05, 0.1) is 12.5 Å². The van der Waals surface area contributed by atoms with Crippen LogP contribution in [-0.2, 0) is 10.2 Å². The number of nitrogens with one attached hydrogen (secondary N) is 2. The van der Waals surface area contributed by atoms with E-state index in [-0.39, 0.29) is 29.3 Å². The number of benzene rings is 1. The van der Waals surface area contributed by atoms with E-state index >= 15 is 0 Å². The number of amides is 1. The van der Waals surface area contributed by atoms with Crippen molar-refractivity contribution in [3.63, 3.8) is 0 Å². The number of carbonyl (C=O) groups is 1. The molecule has 2 aromatic rings. The molecule has 9 nitrogen and oxygen atoms in total. The molecule has 1 aliphatic carbocycles. The minimum absolute atomic E-state index is 0.0313. The number of pyridine rings is 1. The van der Waals surface area contributed by atoms with Crippen molar-refractivity contribution in [2.75, 3.05) is 12.4 Å². The number of amidine groups is 1. The summed E-state index contributed by atoms with van der Waals surface area (Å²) in [5, 5.41) is 6.40. The molecule has 1 fully saturated rings. The Bertz CT molecular complexity index is 1040. The molecular weight excluding hydrogens is 470 g/mol. The van der Waals surface area contributed by atoms with Crippen LogP contribution in [0.4, 0.5) is 14.5 Å². The summed E-state index contributed by atoms with van der Waals surface area (Å²) in [5.74, 6) is 10.9. The lowest BCUT2D eigenvalue weighted by Gasteiger charge is -2.48. The number of rotatable bonds is 9. The minimum Gasteiger partial charge on any atom is -0.481 e. The zero-order valence-corrected chi connectivity index (χ0v) is 21.3. The van der Waals surface area contributed by atoms with Gasteiger partial charge >= 0.3 is 6.61 Å². The first kappa shape index (κ1) is 28.8. The van der Waals surface area contributed by atoms with Gasteiger partial charge in [-0.15, -0.1) is 0 Å². The lowest BCUT2D eigenvalue weighted by molar-refractivity contribution is -0.126. The molecule has 0 saturated heterocycles. The number of aromatic nitrogens is 1. The summed E-state index contributed by atoms with van der Waals surface area (Å²) < 4.78 is 35.5. The first-order chi connectivity index (χ1) is 17.2. The van der Waals surface area contributed by atoms with Gasteiger partial charge in [0.15, 0.2) is 0 Å². The number of nitrogens with two attached hydrogens (primary N) is 2. The van der Waals surface area contributed by atoms with Crippen LogP contribution in [0, 0.1) is 5.92 Å². The van der Waals surface area contributed by atoms with Crippen LogP contribution in [0.3, 0.4) is 0 Å². The number of hydrogen-bond donors (Lipinski definition) is 4. The third-order valence-corrected chi connectivity index (χ3v) is 6.10. The van der Waals surface area contributed by atoms with Gasteiger partial charge in [0.2, 0.25) is 17.7 Å². The summed E-state index contributed by atoms with van der Waals surface area (Å²) in [6, 6.07) is 10.6. The standard InChI is InChI=1S/C23H30F2N6O3.C2H6/c1-13(2)15-6-4-5-7-16(15)23(11-14(12-23)10-18(30-26)31-27)21(32)28-17-8-9-19(33-3)29-20(17)34-22(24)25;1-2/h4-9,13-14,22H,10-12,26-27H2,1-3H3,(H,28,32)(H,30,31);1-2H3. The number of ether oxygens (including phenoxy) is 2. The lowest BCUT2D eigenvalue weighted by Crippen LogP contribution is -2.52. The minimum atomic E-state index is -3.11. The van der Waals surface area contributed by atoms with Gasteiger partial charge in [-0.05, 0) is 41.9 Å². The molecule has 198 valence electrons. The van der Waals surface area contributed by atoms with Crippen molar-refractivity contribution < 1.29 is 23.0 Å². The molecule has 6 N–H and O–H groups in total. The third kappa shape index (κ3) is 6.39. The van der Waals surface area contributed by atoms with Crippen molar-refractivity contribution in [2.45, 2.75) is 64.9 Å². The maximum atomic E-state index is 13.7. The summed E-state index contributed by atoms with van der Waals surface area (Å²) in [4.78, 5) is 17.7. The van der Waals surface area contributed by atoms with Crippen LogP contribution in [0.25, 0.3) is 0 Å². The van der Waals surface area contributed by atoms with Crippen molar-refractivity contribution in [2.24, 2.45) is 22.7 Å². The Hall–Kier alpha value is -3.47. The summed E-state index contributed by atoms with van der Waals surface area (Å²) in [6.45, 7) is 5.00. The van der Waals surface area contributed by atoms with Crippen molar-refractivity contribution in [3.8, 4) is 11.8 Å². The van der Waals surface area contributed by atoms with Gasteiger partial charge in [0.25, 0.3) is 0 Å². The van der Waals surface area contributed by atoms with E-state index in [0.717, 1.165) is 11.1 Å². The molecule has 1 heterocycles. The molecule has 0 atom stereocenters. The summed E-state index contributed by atoms with van der Waals surface area (Å²) >= 11 is 0. The number of hydrogen-bond acceptors (Lipinski definition) is 7. The summed E-state index contributed by atoms with van der Waals surface area (Å²) in [5.41, 5.74) is 3.55. The van der Waals surface area contributed by atoms with E-state index in [4.69, 9.17) is 16.4 Å². The van der Waals surface area contributed by atoms with Crippen LogP contribution in [0.2, 0.25) is 0 Å². The van der Waals surface area contributed by atoms with Gasteiger partial charge in [-0.25, -0.2) is 5.84 Å². The molecule has 1 aromatic carbocycles. The Kier molecular flexibility index (Phi) is 10.4. The first-order valence-electron chi connectivity index (χ1n) is 11.9. The van der Waals surface area contributed by atoms with E-state index in [2.05, 4.69) is 39.4 Å². The lowest BCUT2D eigenvalue weighted by atomic mass is 9.56. The van der Waals surface area contributed by atoms with Gasteiger partial charge in [-0.1, -0.05) is 52.0 Å². The van der Waals surface area contributed by atoms with Gasteiger partial charge in [0.1, 0.15) is 11.5 Å². The maximum Gasteiger partial charge on any atom is 0.388 e. The number of anilines is 1. The Balaban J connectivity index is 0.00000222. The van der Waals surface area contributed by atoms with Gasteiger partial charge in [-0.3, -0.25) is 4.79 Å². The average Bonchev–Trinajstić information content (AvgIpc) is 2.85. The molecule has 1 aromatic heterocycles. The van der Waals surface area contributed by atoms with E-state index in [1.807, 2.05) is 38.1 Å². The Morgan fingerprint density at radius 2 is 1.89 bits per heavy atom. The highest BCUT2D eigenvalue weighted by molar-refractivity contribution is 6.01. The number of carbonyl (C=O) groups excluding carboxylic acids is 1. The molecule has 1 aliphatic rings. The molecule has 0 radical (unpaired) electrons. The molecule has 11 heteroatoms. The number of halogens is 2. The van der Waals surface area contributed by atoms with Gasteiger partial charge < -0.3 is 26.1 Å². The van der Waals surface area contributed by atoms with Gasteiger partial charge in [-0.2, -0.15) is 18.9 Å². The molecule has 36 heavy (non-hydrogen) atoms. The van der Waals surface area contributed by atoms with Crippen LogP contribution in [0.5, 0.6) is 11.8 Å². The number of hydrazine groups is 1. The monoisotopic (exact) mass is 506 g/mol. The predicted octanol–water partition coefficient (Wildman–Crippen LogP) is 4.25. The van der Waals surface area contributed by atoms with E-state index in [0.29, 0.717) is 25.1 Å². The van der Waals surface area contributed by atoms with Crippen LogP contribution in [0.1, 0.15) is 64.0 Å². The van der Waals surface area contributed by atoms with Gasteiger partial charge in [0, 0.05) is 12.5 Å². The number of alkyl halides is 2. The Labute approximate surface area is 210 Å². The predicted molar refractivity (Wildman–Crippen MR) is 136 cm³/mol. The molecule has 1 saturated carbocycles. The quantitative estimate of drug-likeness (QED) is 0.173. The van der Waals surface area contributed by atoms with Crippen molar-refractivity contribution in [3.05, 3.63) is 47.5 Å². The highest BCUT2D eigenvalue weighted by Gasteiger charge is 2.52. The molecule has 0 bridgehead atoms. The number of nitrogens with zero attached hydrogens (tertiary/aromatic N) is 2. The fourth-order valence-corrected chi connectivity index (χ4v) is 4.50. The van der Waals surface area contributed by atoms with Crippen molar-refractivity contribution in [1.29, 1.82) is 0 Å². The number of hydrazone groups is 1. The summed E-state index contributed by atoms with van der Waals surface area (Å²) in [7, 11) is 1.36. The smallest absolute Gasteiger partial charge is 0.388 e. The fraction of sp³-hybridized carbons (Fsp3) is 0.480. The normalized spacial score (nSPS) is 19.2. The molecular formula is C25H36F2N6O3. The Morgan fingerprint density at radius 1 is 1.22 bits per heavy atom. The first-order valence-corrected chi connectivity index (χ1v) is 11.9. The van der Waals surface area contributed by atoms with Crippen LogP contribution in [-0.4, -0.2) is 30.4 Å². The molecule has 1 amide bonds. The van der Waals surface area contributed by atoms with Crippen LogP contribution >= 0.6 is 0 Å². The van der Waals surface area contributed by atoms with Crippen molar-refractivity contribution in [1.82, 2.24) is 10.4 Å². The second kappa shape index (κ2) is 13.0. The maximum absolute atomic E-state index is 13.7. The third-order valence-electron chi connectivity index (χ3n) is 6.10. The van der Waals surface area contributed by atoms with E-state index < -0.39 is 17.9 Å². The Morgan fingerprint density at radius 3 is 2.44 bits per heavy atom. The largest absolute Gasteiger partial charge is 0.481 e. The van der Waals surface area contributed by atoms with E-state index in [9.17, 15) is 13.6 Å². The topological polar surface area (TPSA) is 137 Å². The van der Waals surface area contributed by atoms with E-state index in [1.165, 1.54) is 19.2 Å². The fourth-order valence-electron chi connectivity index (χ4n) is 4.50. The van der Waals surface area contributed by atoms with E-state index in [1.54, 1.807) is 0 Å². The molecule has 3 rings (SSSR count). The molecule has 0 unspecified atom stereocenters. The summed E-state index contributed by atoms with van der Waals surface area (Å²) in [6.07, 6.45) is 1.48. The SMILES string of the molecule is CC.COc1ccc(NC(=O)C2(c3ccccc3C(C)C)CC(C/C(=N/N)NN)C2)c(OC(F)F)n1. The zero-order valence-electron chi connectivity index (χ0n) is 21.3. The molecule has 0 aliphatic heterocycles. The molecule has 0 spiro atoms. The van der Waals surface area contributed by atoms with Crippen LogP contribution < -0.4 is 31.9 Å². The number of methoxy groups -OCH3 is 1. The van der Waals surface area contributed by atoms with Crippen LogP contribution in [0.15, 0.2) is 41.5 Å². The van der Waals surface area contributed by atoms with Crippen molar-refractivity contribution >= 4 is 17.4 Å². The zero-order chi connectivity index (χ0) is 26.9. The highest BCUT2D eigenvalue weighted by Crippen LogP contribution is 2.52. The highest BCUT2D eigenvalue weighted by atomic mass is 19.3. The average molecular weight is 507 g/mol.